The molecule has 0 spiro atoms. The second-order valence-electron chi connectivity index (χ2n) is 5.30. The first-order valence-corrected chi connectivity index (χ1v) is 8.72. The second-order valence-corrected chi connectivity index (χ2v) is 7.32. The molecule has 2 atom stereocenters. The first-order valence-electron chi connectivity index (χ1n) is 6.83. The summed E-state index contributed by atoms with van der Waals surface area (Å²) in [5.74, 6) is 0. The predicted octanol–water partition coefficient (Wildman–Crippen LogP) is 1.27. The number of nitrogens with one attached hydrogen (secondary N) is 2. The fourth-order valence-corrected chi connectivity index (χ4v) is 2.97. The van der Waals surface area contributed by atoms with E-state index < -0.39 is 9.84 Å². The molecule has 2 N–H and O–H groups in total. The van der Waals surface area contributed by atoms with Gasteiger partial charge in [0.25, 0.3) is 0 Å². The molecule has 1 aromatic rings. The van der Waals surface area contributed by atoms with Gasteiger partial charge in [0.15, 0.2) is 9.84 Å². The van der Waals surface area contributed by atoms with E-state index in [1.165, 1.54) is 6.26 Å². The average molecular weight is 298 g/mol. The molecular weight excluding hydrogens is 276 g/mol. The van der Waals surface area contributed by atoms with Crippen LogP contribution >= 0.6 is 0 Å². The van der Waals surface area contributed by atoms with Gasteiger partial charge < -0.3 is 15.4 Å². The van der Waals surface area contributed by atoms with Crippen LogP contribution in [0.2, 0.25) is 0 Å². The first kappa shape index (κ1) is 15.3. The molecule has 5 nitrogen and oxygen atoms in total. The fourth-order valence-electron chi connectivity index (χ4n) is 2.34. The molecule has 1 heterocycles. The Morgan fingerprint density at radius 1 is 1.40 bits per heavy atom. The standard InChI is InChI=1S/C14H22N2O3S/c1-11(9-13-10-19-8-7-15-13)16-12-3-5-14(6-4-12)20(2,17)18/h3-6,11,13,15-16H,7-10H2,1-2H3. The molecule has 2 unspecified atom stereocenters. The van der Waals surface area contributed by atoms with Gasteiger partial charge in [-0.15, -0.1) is 0 Å². The van der Waals surface area contributed by atoms with Crippen molar-refractivity contribution in [1.29, 1.82) is 0 Å². The minimum Gasteiger partial charge on any atom is -0.383 e. The van der Waals surface area contributed by atoms with Gasteiger partial charge in [0, 0.05) is 30.6 Å². The highest BCUT2D eigenvalue weighted by Crippen LogP contribution is 2.16. The highest BCUT2D eigenvalue weighted by atomic mass is 32.2. The molecule has 1 aromatic carbocycles. The zero-order chi connectivity index (χ0) is 14.6. The molecule has 1 fully saturated rings. The van der Waals surface area contributed by atoms with Crippen LogP contribution < -0.4 is 10.6 Å². The Labute approximate surface area is 120 Å². The summed E-state index contributed by atoms with van der Waals surface area (Å²) >= 11 is 0. The van der Waals surface area contributed by atoms with Crippen LogP contribution in [0.5, 0.6) is 0 Å². The summed E-state index contributed by atoms with van der Waals surface area (Å²) in [6.45, 7) is 4.55. The largest absolute Gasteiger partial charge is 0.383 e. The Balaban J connectivity index is 1.89. The highest BCUT2D eigenvalue weighted by molar-refractivity contribution is 7.90. The Hall–Kier alpha value is -1.11. The molecule has 2 rings (SSSR count). The molecule has 1 saturated heterocycles. The van der Waals surface area contributed by atoms with E-state index in [0.29, 0.717) is 17.0 Å². The minimum absolute atomic E-state index is 0.290. The molecular formula is C14H22N2O3S. The van der Waals surface area contributed by atoms with Crippen molar-refractivity contribution in [3.63, 3.8) is 0 Å². The Bertz CT molecular complexity index is 522. The van der Waals surface area contributed by atoms with Gasteiger partial charge in [0.2, 0.25) is 0 Å². The smallest absolute Gasteiger partial charge is 0.175 e. The third-order valence-corrected chi connectivity index (χ3v) is 4.46. The van der Waals surface area contributed by atoms with Crippen molar-refractivity contribution in [2.75, 3.05) is 31.3 Å². The lowest BCUT2D eigenvalue weighted by Crippen LogP contribution is -2.43. The van der Waals surface area contributed by atoms with Crippen LogP contribution in [0.1, 0.15) is 13.3 Å². The van der Waals surface area contributed by atoms with Gasteiger partial charge in [-0.1, -0.05) is 0 Å². The van der Waals surface area contributed by atoms with Crippen molar-refractivity contribution in [1.82, 2.24) is 5.32 Å². The van der Waals surface area contributed by atoms with E-state index >= 15 is 0 Å². The van der Waals surface area contributed by atoms with Crippen LogP contribution in [0.3, 0.4) is 0 Å². The van der Waals surface area contributed by atoms with E-state index in [2.05, 4.69) is 17.6 Å². The summed E-state index contributed by atoms with van der Waals surface area (Å²) in [7, 11) is -3.13. The Kier molecular flexibility index (Phi) is 5.01. The van der Waals surface area contributed by atoms with Gasteiger partial charge in [-0.3, -0.25) is 0 Å². The third kappa shape index (κ3) is 4.47. The van der Waals surface area contributed by atoms with E-state index in [1.54, 1.807) is 24.3 Å². The first-order chi connectivity index (χ1) is 9.45. The van der Waals surface area contributed by atoms with E-state index in [4.69, 9.17) is 4.74 Å². The van der Waals surface area contributed by atoms with Crippen LogP contribution in [-0.4, -0.2) is 46.5 Å². The second kappa shape index (κ2) is 6.56. The van der Waals surface area contributed by atoms with Crippen LogP contribution in [-0.2, 0) is 14.6 Å². The number of sulfone groups is 1. The topological polar surface area (TPSA) is 67.4 Å². The number of anilines is 1. The molecule has 112 valence electrons. The zero-order valence-corrected chi connectivity index (χ0v) is 12.7. The van der Waals surface area contributed by atoms with Gasteiger partial charge in [-0.2, -0.15) is 0 Å². The molecule has 1 aliphatic rings. The monoisotopic (exact) mass is 298 g/mol. The van der Waals surface area contributed by atoms with E-state index in [-0.39, 0.29) is 0 Å². The number of benzene rings is 1. The van der Waals surface area contributed by atoms with Crippen molar-refractivity contribution < 1.29 is 13.2 Å². The summed E-state index contributed by atoms with van der Waals surface area (Å²) in [6.07, 6.45) is 2.18. The Morgan fingerprint density at radius 3 is 2.65 bits per heavy atom. The van der Waals surface area contributed by atoms with Crippen LogP contribution in [0.4, 0.5) is 5.69 Å². The molecule has 0 aromatic heterocycles. The predicted molar refractivity (Wildman–Crippen MR) is 79.9 cm³/mol. The zero-order valence-electron chi connectivity index (χ0n) is 11.9. The molecule has 0 radical (unpaired) electrons. The number of hydrogen-bond acceptors (Lipinski definition) is 5. The number of hydrogen-bond donors (Lipinski definition) is 2. The van der Waals surface area contributed by atoms with Gasteiger partial charge in [0.1, 0.15) is 0 Å². The molecule has 0 aliphatic carbocycles. The van der Waals surface area contributed by atoms with Gasteiger partial charge in [-0.05, 0) is 37.6 Å². The summed E-state index contributed by atoms with van der Waals surface area (Å²) in [4.78, 5) is 0.345. The quantitative estimate of drug-likeness (QED) is 0.857. The molecule has 20 heavy (non-hydrogen) atoms. The molecule has 0 amide bonds. The van der Waals surface area contributed by atoms with Crippen molar-refractivity contribution in [3.8, 4) is 0 Å². The minimum atomic E-state index is -3.13. The van der Waals surface area contributed by atoms with E-state index in [0.717, 1.165) is 31.9 Å². The van der Waals surface area contributed by atoms with Gasteiger partial charge in [-0.25, -0.2) is 8.42 Å². The van der Waals surface area contributed by atoms with Crippen LogP contribution in [0.25, 0.3) is 0 Å². The molecule has 6 heteroatoms. The maximum absolute atomic E-state index is 11.4. The maximum atomic E-state index is 11.4. The van der Waals surface area contributed by atoms with Gasteiger partial charge in [0.05, 0.1) is 18.1 Å². The lowest BCUT2D eigenvalue weighted by molar-refractivity contribution is 0.0731. The van der Waals surface area contributed by atoms with E-state index in [1.807, 2.05) is 0 Å². The lowest BCUT2D eigenvalue weighted by Gasteiger charge is -2.27. The SMILES string of the molecule is CC(CC1COCCN1)Nc1ccc(S(C)(=O)=O)cc1. The third-order valence-electron chi connectivity index (χ3n) is 3.33. The Morgan fingerprint density at radius 2 is 2.10 bits per heavy atom. The summed E-state index contributed by atoms with van der Waals surface area (Å²) in [6, 6.07) is 7.54. The van der Waals surface area contributed by atoms with Crippen molar-refractivity contribution in [2.45, 2.75) is 30.3 Å². The molecule has 0 bridgehead atoms. The van der Waals surface area contributed by atoms with Crippen LogP contribution in [0.15, 0.2) is 29.2 Å². The fraction of sp³-hybridized carbons (Fsp3) is 0.571. The summed E-state index contributed by atoms with van der Waals surface area (Å²) in [5.41, 5.74) is 0.932. The van der Waals surface area contributed by atoms with Gasteiger partial charge >= 0.3 is 0 Å². The highest BCUT2D eigenvalue weighted by Gasteiger charge is 2.16. The molecule has 1 aliphatic heterocycles. The average Bonchev–Trinajstić information content (AvgIpc) is 2.39. The summed E-state index contributed by atoms with van der Waals surface area (Å²) in [5, 5.41) is 6.80. The van der Waals surface area contributed by atoms with E-state index in [9.17, 15) is 8.42 Å². The maximum Gasteiger partial charge on any atom is 0.175 e. The van der Waals surface area contributed by atoms with Crippen molar-refractivity contribution in [2.24, 2.45) is 0 Å². The normalized spacial score (nSPS) is 21.4. The summed E-state index contributed by atoms with van der Waals surface area (Å²) < 4.78 is 28.2. The number of rotatable bonds is 5. The number of ether oxygens (including phenoxy) is 1. The number of morpholine rings is 1. The van der Waals surface area contributed by atoms with Crippen molar-refractivity contribution >= 4 is 15.5 Å². The lowest BCUT2D eigenvalue weighted by atomic mass is 10.1. The molecule has 0 saturated carbocycles. The van der Waals surface area contributed by atoms with Crippen LogP contribution in [0, 0.1) is 0 Å². The van der Waals surface area contributed by atoms with Crippen molar-refractivity contribution in [3.05, 3.63) is 24.3 Å².